The van der Waals surface area contributed by atoms with Crippen LogP contribution in [0.2, 0.25) is 0 Å². The molecule has 0 heterocycles. The Labute approximate surface area is 143 Å². The van der Waals surface area contributed by atoms with E-state index in [-0.39, 0.29) is 10.7 Å². The van der Waals surface area contributed by atoms with Gasteiger partial charge in [-0.25, -0.2) is 17.5 Å². The Hall–Kier alpha value is -1.76. The number of hydrogen-bond donors (Lipinski definition) is 2. The van der Waals surface area contributed by atoms with Crippen molar-refractivity contribution in [1.29, 1.82) is 0 Å². The summed E-state index contributed by atoms with van der Waals surface area (Å²) in [5.74, 6) is -0.286. The van der Waals surface area contributed by atoms with Crippen LogP contribution in [-0.2, 0) is 23.1 Å². The van der Waals surface area contributed by atoms with Gasteiger partial charge in [0.05, 0.1) is 4.90 Å². The van der Waals surface area contributed by atoms with E-state index in [1.54, 1.807) is 51.1 Å². The summed E-state index contributed by atoms with van der Waals surface area (Å²) in [5.41, 5.74) is 0.926. The molecular formula is C18H23FN2O2S. The Balaban J connectivity index is 2.12. The van der Waals surface area contributed by atoms with Crippen LogP contribution in [0.4, 0.5) is 4.39 Å². The minimum atomic E-state index is -3.60. The molecule has 2 rings (SSSR count). The van der Waals surface area contributed by atoms with Gasteiger partial charge in [0.15, 0.2) is 0 Å². The van der Waals surface area contributed by atoms with Crippen LogP contribution >= 0.6 is 0 Å². The van der Waals surface area contributed by atoms with Crippen LogP contribution in [0.25, 0.3) is 0 Å². The molecule has 0 atom stereocenters. The van der Waals surface area contributed by atoms with Crippen molar-refractivity contribution < 1.29 is 12.8 Å². The van der Waals surface area contributed by atoms with E-state index < -0.39 is 15.6 Å². The van der Waals surface area contributed by atoms with Crippen molar-refractivity contribution in [3.63, 3.8) is 0 Å². The summed E-state index contributed by atoms with van der Waals surface area (Å²) in [4.78, 5) is 0.256. The predicted molar refractivity (Wildman–Crippen MR) is 93.5 cm³/mol. The third-order valence-corrected chi connectivity index (χ3v) is 5.09. The Kier molecular flexibility index (Phi) is 5.74. The molecule has 0 fully saturated rings. The smallest absolute Gasteiger partial charge is 0.241 e. The van der Waals surface area contributed by atoms with Crippen molar-refractivity contribution in [2.45, 2.75) is 44.3 Å². The van der Waals surface area contributed by atoms with Gasteiger partial charge in [-0.3, -0.25) is 0 Å². The van der Waals surface area contributed by atoms with Crippen LogP contribution in [0.15, 0.2) is 53.4 Å². The topological polar surface area (TPSA) is 58.2 Å². The number of hydrogen-bond acceptors (Lipinski definition) is 3. The minimum absolute atomic E-state index is 0.256. The van der Waals surface area contributed by atoms with E-state index in [9.17, 15) is 12.8 Å². The fourth-order valence-electron chi connectivity index (χ4n) is 2.36. The lowest BCUT2D eigenvalue weighted by Gasteiger charge is -2.21. The summed E-state index contributed by atoms with van der Waals surface area (Å²) >= 11 is 0. The number of benzene rings is 2. The zero-order valence-electron chi connectivity index (χ0n) is 14.1. The van der Waals surface area contributed by atoms with Gasteiger partial charge in [0.1, 0.15) is 5.82 Å². The van der Waals surface area contributed by atoms with Gasteiger partial charge >= 0.3 is 0 Å². The van der Waals surface area contributed by atoms with Crippen molar-refractivity contribution in [3.05, 3.63) is 65.5 Å². The Morgan fingerprint density at radius 1 is 1.00 bits per heavy atom. The highest BCUT2D eigenvalue weighted by Crippen LogP contribution is 2.18. The maximum absolute atomic E-state index is 13.2. The maximum Gasteiger partial charge on any atom is 0.241 e. The number of nitrogens with one attached hydrogen (secondary N) is 2. The molecule has 0 aliphatic heterocycles. The zero-order valence-corrected chi connectivity index (χ0v) is 15.0. The Bertz CT molecular complexity index is 799. The lowest BCUT2D eigenvalue weighted by atomic mass is 10.1. The van der Waals surface area contributed by atoms with Gasteiger partial charge < -0.3 is 5.32 Å². The molecule has 0 saturated heterocycles. The third-order valence-electron chi connectivity index (χ3n) is 3.24. The molecule has 6 heteroatoms. The first kappa shape index (κ1) is 18.6. The van der Waals surface area contributed by atoms with Gasteiger partial charge in [-0.05, 0) is 50.1 Å². The van der Waals surface area contributed by atoms with E-state index in [1.807, 2.05) is 6.07 Å². The van der Waals surface area contributed by atoms with Crippen molar-refractivity contribution in [2.75, 3.05) is 0 Å². The highest BCUT2D eigenvalue weighted by molar-refractivity contribution is 7.89. The first-order valence-corrected chi connectivity index (χ1v) is 9.23. The molecule has 0 saturated carbocycles. The molecule has 0 radical (unpaired) electrons. The van der Waals surface area contributed by atoms with Crippen molar-refractivity contribution in [2.24, 2.45) is 0 Å². The fraction of sp³-hybridized carbons (Fsp3) is 0.333. The number of rotatable bonds is 6. The van der Waals surface area contributed by atoms with Gasteiger partial charge in [0, 0.05) is 18.6 Å². The van der Waals surface area contributed by atoms with E-state index >= 15 is 0 Å². The molecule has 0 unspecified atom stereocenters. The number of sulfonamides is 1. The maximum atomic E-state index is 13.2. The van der Waals surface area contributed by atoms with Crippen LogP contribution in [0, 0.1) is 5.82 Å². The van der Waals surface area contributed by atoms with Gasteiger partial charge in [0.25, 0.3) is 0 Å². The SMILES string of the molecule is CC(C)(C)NS(=O)(=O)c1ccccc1CNCc1cccc(F)c1. The van der Waals surface area contributed by atoms with Gasteiger partial charge in [-0.15, -0.1) is 0 Å². The monoisotopic (exact) mass is 350 g/mol. The van der Waals surface area contributed by atoms with Crippen LogP contribution in [-0.4, -0.2) is 14.0 Å². The lowest BCUT2D eigenvalue weighted by molar-refractivity contribution is 0.490. The van der Waals surface area contributed by atoms with Crippen LogP contribution in [0.1, 0.15) is 31.9 Å². The standard InChI is InChI=1S/C18H23FN2O2S/c1-18(2,3)21-24(22,23)17-10-5-4-8-15(17)13-20-12-14-7-6-9-16(19)11-14/h4-11,20-21H,12-13H2,1-3H3. The summed E-state index contributed by atoms with van der Waals surface area (Å²) in [6, 6.07) is 13.2. The molecule has 0 aliphatic carbocycles. The Morgan fingerprint density at radius 2 is 1.71 bits per heavy atom. The molecule has 0 aliphatic rings. The number of halogens is 1. The summed E-state index contributed by atoms with van der Waals surface area (Å²) < 4.78 is 41.0. The molecule has 24 heavy (non-hydrogen) atoms. The molecular weight excluding hydrogens is 327 g/mol. The molecule has 2 N–H and O–H groups in total. The highest BCUT2D eigenvalue weighted by Gasteiger charge is 2.23. The molecule has 0 spiro atoms. The second-order valence-corrected chi connectivity index (χ2v) is 8.35. The first-order chi connectivity index (χ1) is 11.2. The van der Waals surface area contributed by atoms with Crippen molar-refractivity contribution in [1.82, 2.24) is 10.0 Å². The highest BCUT2D eigenvalue weighted by atomic mass is 32.2. The van der Waals surface area contributed by atoms with E-state index in [1.165, 1.54) is 12.1 Å². The van der Waals surface area contributed by atoms with Crippen LogP contribution in [0.5, 0.6) is 0 Å². The summed E-state index contributed by atoms with van der Waals surface area (Å²) in [6.45, 7) is 6.23. The molecule has 4 nitrogen and oxygen atoms in total. The summed E-state index contributed by atoms with van der Waals surface area (Å²) in [7, 11) is -3.60. The summed E-state index contributed by atoms with van der Waals surface area (Å²) in [6.07, 6.45) is 0. The van der Waals surface area contributed by atoms with E-state index in [0.717, 1.165) is 5.56 Å². The van der Waals surface area contributed by atoms with Crippen LogP contribution in [0.3, 0.4) is 0 Å². The molecule has 0 amide bonds. The fourth-order valence-corrected chi connectivity index (χ4v) is 4.02. The minimum Gasteiger partial charge on any atom is -0.309 e. The van der Waals surface area contributed by atoms with Gasteiger partial charge in [-0.1, -0.05) is 30.3 Å². The summed E-state index contributed by atoms with van der Waals surface area (Å²) in [5, 5.41) is 3.16. The van der Waals surface area contributed by atoms with Crippen molar-refractivity contribution in [3.8, 4) is 0 Å². The van der Waals surface area contributed by atoms with Gasteiger partial charge in [-0.2, -0.15) is 0 Å². The van der Waals surface area contributed by atoms with Crippen molar-refractivity contribution >= 4 is 10.0 Å². The quantitative estimate of drug-likeness (QED) is 0.841. The van der Waals surface area contributed by atoms with Gasteiger partial charge in [0.2, 0.25) is 10.0 Å². The van der Waals surface area contributed by atoms with E-state index in [4.69, 9.17) is 0 Å². The average Bonchev–Trinajstić information content (AvgIpc) is 2.45. The van der Waals surface area contributed by atoms with Crippen LogP contribution < -0.4 is 10.0 Å². The molecule has 130 valence electrons. The predicted octanol–water partition coefficient (Wildman–Crippen LogP) is 3.19. The Morgan fingerprint density at radius 3 is 2.38 bits per heavy atom. The lowest BCUT2D eigenvalue weighted by Crippen LogP contribution is -2.40. The molecule has 2 aromatic rings. The second kappa shape index (κ2) is 7.42. The molecule has 2 aromatic carbocycles. The first-order valence-electron chi connectivity index (χ1n) is 7.74. The zero-order chi connectivity index (χ0) is 17.8. The largest absolute Gasteiger partial charge is 0.309 e. The third kappa shape index (κ3) is 5.40. The normalized spacial score (nSPS) is 12.3. The van der Waals surface area contributed by atoms with E-state index in [0.29, 0.717) is 18.7 Å². The molecule has 0 aromatic heterocycles. The molecule has 0 bridgehead atoms. The average molecular weight is 350 g/mol. The van der Waals surface area contributed by atoms with E-state index in [2.05, 4.69) is 10.0 Å². The second-order valence-electron chi connectivity index (χ2n) is 6.70.